The number of hydrogen-bond acceptors (Lipinski definition) is 3. The molecule has 1 aromatic heterocycles. The molecule has 0 aliphatic carbocycles. The van der Waals surface area contributed by atoms with Crippen molar-refractivity contribution in [3.63, 3.8) is 0 Å². The van der Waals surface area contributed by atoms with Gasteiger partial charge in [-0.2, -0.15) is 0 Å². The predicted octanol–water partition coefficient (Wildman–Crippen LogP) is 2.83. The van der Waals surface area contributed by atoms with E-state index in [0.29, 0.717) is 11.2 Å². The summed E-state index contributed by atoms with van der Waals surface area (Å²) < 4.78 is 5.68. The van der Waals surface area contributed by atoms with E-state index in [2.05, 4.69) is 16.9 Å². The van der Waals surface area contributed by atoms with Crippen molar-refractivity contribution < 1.29 is 4.74 Å². The Hall–Kier alpha value is -0.800. The van der Waals surface area contributed by atoms with Gasteiger partial charge in [0, 0.05) is 17.8 Å². The summed E-state index contributed by atoms with van der Waals surface area (Å²) in [6, 6.07) is 0.496. The molecule has 0 unspecified atom stereocenters. The lowest BCUT2D eigenvalue weighted by molar-refractivity contribution is 0.277. The van der Waals surface area contributed by atoms with Crippen LogP contribution < -0.4 is 4.74 Å². The summed E-state index contributed by atoms with van der Waals surface area (Å²) in [5.41, 5.74) is 2.61. The Bertz CT molecular complexity index is 436. The van der Waals surface area contributed by atoms with Gasteiger partial charge in [-0.15, -0.1) is 0 Å². The predicted molar refractivity (Wildman–Crippen MR) is 67.7 cm³/mol. The van der Waals surface area contributed by atoms with Crippen molar-refractivity contribution in [2.45, 2.75) is 31.7 Å². The van der Waals surface area contributed by atoms with Gasteiger partial charge >= 0.3 is 0 Å². The van der Waals surface area contributed by atoms with Crippen LogP contribution in [0.4, 0.5) is 0 Å². The summed E-state index contributed by atoms with van der Waals surface area (Å²) in [4.78, 5) is 6.69. The number of rotatable bonds is 1. The number of pyridine rings is 1. The molecule has 1 fully saturated rings. The zero-order valence-corrected chi connectivity index (χ0v) is 10.8. The highest BCUT2D eigenvalue weighted by Gasteiger charge is 2.28. The molecule has 0 amide bonds. The number of ether oxygens (including phenoxy) is 1. The van der Waals surface area contributed by atoms with Gasteiger partial charge in [0.1, 0.15) is 0 Å². The van der Waals surface area contributed by atoms with Crippen LogP contribution in [0.1, 0.15) is 36.4 Å². The van der Waals surface area contributed by atoms with E-state index < -0.39 is 0 Å². The van der Waals surface area contributed by atoms with Crippen LogP contribution in [0.15, 0.2) is 6.20 Å². The van der Waals surface area contributed by atoms with Crippen LogP contribution in [-0.2, 0) is 6.42 Å². The fourth-order valence-electron chi connectivity index (χ4n) is 2.94. The van der Waals surface area contributed by atoms with Crippen LogP contribution in [0.5, 0.6) is 5.75 Å². The van der Waals surface area contributed by atoms with E-state index in [9.17, 15) is 0 Å². The molecule has 3 rings (SSSR count). The molecular weight excluding hydrogens is 236 g/mol. The molecule has 1 aromatic rings. The average Bonchev–Trinajstić information content (AvgIpc) is 2.77. The van der Waals surface area contributed by atoms with Crippen molar-refractivity contribution in [1.29, 1.82) is 0 Å². The Balaban J connectivity index is 2.04. The summed E-state index contributed by atoms with van der Waals surface area (Å²) in [5.74, 6) is 0.829. The van der Waals surface area contributed by atoms with E-state index in [4.69, 9.17) is 16.3 Å². The Kier molecular flexibility index (Phi) is 2.97. The lowest BCUT2D eigenvalue weighted by atomic mass is 9.96. The first-order valence-corrected chi connectivity index (χ1v) is 6.65. The lowest BCUT2D eigenvalue weighted by Crippen LogP contribution is -2.21. The monoisotopic (exact) mass is 252 g/mol. The highest BCUT2D eigenvalue weighted by atomic mass is 35.5. The molecule has 3 nitrogen and oxygen atoms in total. The molecular formula is C13H17ClN2O. The molecule has 1 saturated heterocycles. The molecule has 0 radical (unpaired) electrons. The molecule has 4 heteroatoms. The van der Waals surface area contributed by atoms with E-state index in [1.54, 1.807) is 0 Å². The zero-order valence-electron chi connectivity index (χ0n) is 10.1. The minimum atomic E-state index is 0.496. The minimum Gasteiger partial charge on any atom is -0.490 e. The second-order valence-electron chi connectivity index (χ2n) is 4.90. The van der Waals surface area contributed by atoms with Crippen molar-refractivity contribution in [2.24, 2.45) is 0 Å². The van der Waals surface area contributed by atoms with Gasteiger partial charge in [0.25, 0.3) is 0 Å². The van der Waals surface area contributed by atoms with Crippen LogP contribution >= 0.6 is 11.6 Å². The standard InChI is InChI=1S/C13H17ClN2O/c1-16-6-2-5-11(16)10-8-15-13(14)12-9(10)4-3-7-17-12/h8,11H,2-7H2,1H3/t11-/m0/s1. The lowest BCUT2D eigenvalue weighted by Gasteiger charge is -2.26. The number of halogens is 1. The summed E-state index contributed by atoms with van der Waals surface area (Å²) in [5, 5.41) is 0.518. The Morgan fingerprint density at radius 1 is 1.47 bits per heavy atom. The summed E-state index contributed by atoms with van der Waals surface area (Å²) in [6.45, 7) is 1.93. The molecule has 3 heterocycles. The molecule has 0 aromatic carbocycles. The molecule has 92 valence electrons. The van der Waals surface area contributed by atoms with Crippen LogP contribution in [0, 0.1) is 0 Å². The van der Waals surface area contributed by atoms with Gasteiger partial charge in [0.15, 0.2) is 10.9 Å². The first-order valence-electron chi connectivity index (χ1n) is 6.27. The third kappa shape index (κ3) is 1.91. The SMILES string of the molecule is CN1CCC[C@H]1c1cnc(Cl)c2c1CCCO2. The zero-order chi connectivity index (χ0) is 11.8. The van der Waals surface area contributed by atoms with E-state index in [-0.39, 0.29) is 0 Å². The molecule has 0 saturated carbocycles. The second kappa shape index (κ2) is 4.46. The van der Waals surface area contributed by atoms with Crippen LogP contribution in [0.2, 0.25) is 5.15 Å². The van der Waals surface area contributed by atoms with Crippen molar-refractivity contribution >= 4 is 11.6 Å². The summed E-state index contributed by atoms with van der Waals surface area (Å²) in [6.07, 6.45) is 6.57. The summed E-state index contributed by atoms with van der Waals surface area (Å²) >= 11 is 6.11. The highest BCUT2D eigenvalue weighted by Crippen LogP contribution is 2.40. The number of aromatic nitrogens is 1. The van der Waals surface area contributed by atoms with Gasteiger partial charge in [-0.25, -0.2) is 4.98 Å². The van der Waals surface area contributed by atoms with Gasteiger partial charge < -0.3 is 4.74 Å². The van der Waals surface area contributed by atoms with E-state index >= 15 is 0 Å². The molecule has 1 atom stereocenters. The smallest absolute Gasteiger partial charge is 0.171 e. The van der Waals surface area contributed by atoms with Gasteiger partial charge in [-0.1, -0.05) is 11.6 Å². The Labute approximate surface area is 107 Å². The second-order valence-corrected chi connectivity index (χ2v) is 5.26. The van der Waals surface area contributed by atoms with Gasteiger partial charge in [0.2, 0.25) is 0 Å². The molecule has 0 N–H and O–H groups in total. The number of nitrogens with zero attached hydrogens (tertiary/aromatic N) is 2. The van der Waals surface area contributed by atoms with Crippen LogP contribution in [-0.4, -0.2) is 30.1 Å². The number of likely N-dealkylation sites (tertiary alicyclic amines) is 1. The molecule has 17 heavy (non-hydrogen) atoms. The minimum absolute atomic E-state index is 0.496. The highest BCUT2D eigenvalue weighted by molar-refractivity contribution is 6.31. The van der Waals surface area contributed by atoms with Crippen molar-refractivity contribution in [2.75, 3.05) is 20.2 Å². The van der Waals surface area contributed by atoms with Crippen LogP contribution in [0.3, 0.4) is 0 Å². The van der Waals surface area contributed by atoms with Gasteiger partial charge in [-0.05, 0) is 44.8 Å². The fourth-order valence-corrected chi connectivity index (χ4v) is 3.15. The average molecular weight is 253 g/mol. The Morgan fingerprint density at radius 3 is 3.12 bits per heavy atom. The largest absolute Gasteiger partial charge is 0.490 e. The first-order chi connectivity index (χ1) is 8.27. The molecule has 2 aliphatic rings. The van der Waals surface area contributed by atoms with Crippen molar-refractivity contribution in [1.82, 2.24) is 9.88 Å². The van der Waals surface area contributed by atoms with Crippen molar-refractivity contribution in [3.05, 3.63) is 22.5 Å². The normalized spacial score (nSPS) is 24.5. The van der Waals surface area contributed by atoms with Gasteiger partial charge in [0.05, 0.1) is 6.61 Å². The molecule has 2 aliphatic heterocycles. The maximum atomic E-state index is 6.11. The van der Waals surface area contributed by atoms with Crippen LogP contribution in [0.25, 0.3) is 0 Å². The maximum absolute atomic E-state index is 6.11. The van der Waals surface area contributed by atoms with E-state index in [1.165, 1.54) is 30.5 Å². The fraction of sp³-hybridized carbons (Fsp3) is 0.615. The third-order valence-corrected chi connectivity index (χ3v) is 4.09. The van der Waals surface area contributed by atoms with Crippen molar-refractivity contribution in [3.8, 4) is 5.75 Å². The summed E-state index contributed by atoms with van der Waals surface area (Å²) in [7, 11) is 2.18. The van der Waals surface area contributed by atoms with Gasteiger partial charge in [-0.3, -0.25) is 4.90 Å². The molecule has 0 spiro atoms. The molecule has 0 bridgehead atoms. The Morgan fingerprint density at radius 2 is 2.35 bits per heavy atom. The number of fused-ring (bicyclic) bond motifs is 1. The number of hydrogen-bond donors (Lipinski definition) is 0. The quantitative estimate of drug-likeness (QED) is 0.719. The first kappa shape index (κ1) is 11.3. The van der Waals surface area contributed by atoms with E-state index in [0.717, 1.165) is 25.2 Å². The maximum Gasteiger partial charge on any atom is 0.171 e. The third-order valence-electron chi connectivity index (χ3n) is 3.82. The topological polar surface area (TPSA) is 25.4 Å². The van der Waals surface area contributed by atoms with E-state index in [1.807, 2.05) is 6.20 Å².